The van der Waals surface area contributed by atoms with E-state index in [2.05, 4.69) is 92.7 Å². The van der Waals surface area contributed by atoms with Gasteiger partial charge in [0.2, 0.25) is 0 Å². The second-order valence-electron chi connectivity index (χ2n) is 13.8. The summed E-state index contributed by atoms with van der Waals surface area (Å²) in [5.41, 5.74) is 3.19. The van der Waals surface area contributed by atoms with Gasteiger partial charge in [0.25, 0.3) is 0 Å². The molecule has 1 saturated carbocycles. The van der Waals surface area contributed by atoms with E-state index in [1.807, 2.05) is 13.8 Å². The minimum Gasteiger partial charge on any atom is -0.392 e. The van der Waals surface area contributed by atoms with Crippen LogP contribution in [0.5, 0.6) is 0 Å². The molecule has 2 N–H and O–H groups in total. The van der Waals surface area contributed by atoms with E-state index < -0.39 is 28.5 Å². The van der Waals surface area contributed by atoms with Crippen molar-refractivity contribution in [1.82, 2.24) is 0 Å². The predicted molar refractivity (Wildman–Crippen MR) is 162 cm³/mol. The van der Waals surface area contributed by atoms with Gasteiger partial charge < -0.3 is 10.2 Å². The van der Waals surface area contributed by atoms with Crippen molar-refractivity contribution in [2.75, 3.05) is 0 Å². The normalized spacial score (nSPS) is 31.3. The monoisotopic (exact) mass is 524 g/mol. The van der Waals surface area contributed by atoms with Gasteiger partial charge in [0, 0.05) is 5.41 Å². The third kappa shape index (κ3) is 6.20. The van der Waals surface area contributed by atoms with E-state index >= 15 is 0 Å². The summed E-state index contributed by atoms with van der Waals surface area (Å²) in [5.74, 6) is -0.0591. The summed E-state index contributed by atoms with van der Waals surface area (Å²) in [6.07, 6.45) is 13.5. The lowest BCUT2D eigenvalue weighted by molar-refractivity contribution is -0.236. The Kier molecular flexibility index (Phi) is 10.8. The van der Waals surface area contributed by atoms with Crippen LogP contribution in [0.25, 0.3) is 0 Å². The largest absolute Gasteiger partial charge is 0.392 e. The van der Waals surface area contributed by atoms with Crippen LogP contribution in [0.4, 0.5) is 0 Å². The second kappa shape index (κ2) is 12.6. The molecule has 0 saturated heterocycles. The molecule has 3 nitrogen and oxygen atoms in total. The Hall–Kier alpha value is -1.71. The van der Waals surface area contributed by atoms with Gasteiger partial charge >= 0.3 is 0 Å². The molecule has 0 radical (unpaired) electrons. The summed E-state index contributed by atoms with van der Waals surface area (Å²) in [6.45, 7) is 22.9. The van der Waals surface area contributed by atoms with Crippen LogP contribution < -0.4 is 0 Å². The fourth-order valence-electron chi connectivity index (χ4n) is 7.17. The zero-order chi connectivity index (χ0) is 29.1. The highest BCUT2D eigenvalue weighted by atomic mass is 16.3. The number of allylic oxidation sites excluding steroid dienone is 9. The average Bonchev–Trinajstić information content (AvgIpc) is 2.80. The fourth-order valence-corrected chi connectivity index (χ4v) is 7.17. The zero-order valence-corrected chi connectivity index (χ0v) is 26.2. The summed E-state index contributed by atoms with van der Waals surface area (Å²) >= 11 is 0. The van der Waals surface area contributed by atoms with Crippen molar-refractivity contribution in [3.05, 3.63) is 58.2 Å². The molecule has 0 heterocycles. The first-order valence-corrected chi connectivity index (χ1v) is 14.7. The molecule has 2 aliphatic carbocycles. The first-order chi connectivity index (χ1) is 17.5. The van der Waals surface area contributed by atoms with Gasteiger partial charge in [-0.25, -0.2) is 0 Å². The maximum Gasteiger partial charge on any atom is 0.170 e. The molecule has 0 aromatic heterocycles. The van der Waals surface area contributed by atoms with Gasteiger partial charge in [0.15, 0.2) is 5.78 Å². The van der Waals surface area contributed by atoms with Crippen LogP contribution in [0.3, 0.4) is 0 Å². The number of hydrogen-bond donors (Lipinski definition) is 2. The Morgan fingerprint density at radius 3 is 2.00 bits per heavy atom. The Bertz CT molecular complexity index is 1010. The van der Waals surface area contributed by atoms with Crippen LogP contribution in [0, 0.1) is 28.1 Å². The lowest BCUT2D eigenvalue weighted by Gasteiger charge is -2.67. The Morgan fingerprint density at radius 2 is 1.50 bits per heavy atom. The van der Waals surface area contributed by atoms with Crippen LogP contribution in [0.15, 0.2) is 58.2 Å². The topological polar surface area (TPSA) is 57.5 Å². The first kappa shape index (κ1) is 32.5. The molecule has 0 aromatic carbocycles. The molecule has 0 unspecified atom stereocenters. The number of fused-ring (bicyclic) bond motifs is 2. The van der Waals surface area contributed by atoms with Crippen molar-refractivity contribution in [2.45, 2.75) is 127 Å². The smallest absolute Gasteiger partial charge is 0.170 e. The standard InChI is InChI=1S/C35H56O3/c1-23(2)13-12-19-33(11)29(17-15-25(5)6)22-34(20-18-26(7)8)21-28(16-14-24(3)4)31(37)35(33,32(34)38)30(36)27(9)10/h13-15,18,21,27,29-30,32,36,38H,12,16-17,19-20,22H2,1-11H3/t29-,30+,32-,33+,34-,35-/m0/s1. The highest BCUT2D eigenvalue weighted by Crippen LogP contribution is 2.68. The van der Waals surface area contributed by atoms with E-state index in [4.69, 9.17) is 0 Å². The van der Waals surface area contributed by atoms with Crippen molar-refractivity contribution in [3.8, 4) is 0 Å². The SMILES string of the molecule is CC(C)=CCC[C@]1(C)[C@@H](CC=C(C)C)C[C@]2(CC=C(C)C)C=C(CC=C(C)C)C(=O)[C@@]1([C@H](O)C(C)C)[C@H]2O. The third-order valence-electron chi connectivity index (χ3n) is 9.32. The number of aliphatic hydroxyl groups is 2. The molecular formula is C35H56O3. The van der Waals surface area contributed by atoms with E-state index in [-0.39, 0.29) is 17.6 Å². The van der Waals surface area contributed by atoms with E-state index in [0.29, 0.717) is 12.8 Å². The molecular weight excluding hydrogens is 468 g/mol. The number of ketones is 1. The first-order valence-electron chi connectivity index (χ1n) is 14.7. The van der Waals surface area contributed by atoms with Crippen LogP contribution >= 0.6 is 0 Å². The molecule has 0 spiro atoms. The minimum absolute atomic E-state index is 0.0434. The van der Waals surface area contributed by atoms with E-state index in [9.17, 15) is 15.0 Å². The van der Waals surface area contributed by atoms with Crippen LogP contribution in [0.2, 0.25) is 0 Å². The van der Waals surface area contributed by atoms with Crippen LogP contribution in [0.1, 0.15) is 115 Å². The van der Waals surface area contributed by atoms with Crippen molar-refractivity contribution >= 4 is 5.78 Å². The van der Waals surface area contributed by atoms with Gasteiger partial charge in [-0.1, -0.05) is 73.4 Å². The number of hydrogen-bond acceptors (Lipinski definition) is 3. The quantitative estimate of drug-likeness (QED) is 0.266. The number of rotatable bonds is 11. The molecule has 6 atom stereocenters. The molecule has 0 aromatic rings. The number of Topliss-reactive ketones (excluding diaryl/α,β-unsaturated/α-hetero) is 1. The van der Waals surface area contributed by atoms with E-state index in [1.54, 1.807) is 0 Å². The summed E-state index contributed by atoms with van der Waals surface area (Å²) in [6, 6.07) is 0. The summed E-state index contributed by atoms with van der Waals surface area (Å²) in [7, 11) is 0. The van der Waals surface area contributed by atoms with Crippen LogP contribution in [-0.4, -0.2) is 28.2 Å². The van der Waals surface area contributed by atoms with Crippen molar-refractivity contribution < 1.29 is 15.0 Å². The number of carbonyl (C=O) groups is 1. The van der Waals surface area contributed by atoms with Crippen molar-refractivity contribution in [2.24, 2.45) is 28.1 Å². The lowest BCUT2D eigenvalue weighted by atomic mass is 9.37. The van der Waals surface area contributed by atoms with Gasteiger partial charge in [-0.2, -0.15) is 0 Å². The van der Waals surface area contributed by atoms with E-state index in [1.165, 1.54) is 22.3 Å². The molecule has 0 aliphatic heterocycles. The molecule has 2 rings (SSSR count). The van der Waals surface area contributed by atoms with Gasteiger partial charge in [0.1, 0.15) is 0 Å². The van der Waals surface area contributed by atoms with Gasteiger partial charge in [-0.15, -0.1) is 0 Å². The van der Waals surface area contributed by atoms with Gasteiger partial charge in [-0.05, 0) is 117 Å². The fraction of sp³-hybridized carbons (Fsp3) is 0.686. The highest BCUT2D eigenvalue weighted by molar-refractivity contribution is 6.03. The number of carbonyl (C=O) groups excluding carboxylic acids is 1. The Balaban J connectivity index is 2.98. The predicted octanol–water partition coefficient (Wildman–Crippen LogP) is 8.69. The highest BCUT2D eigenvalue weighted by Gasteiger charge is 2.72. The molecule has 2 bridgehead atoms. The molecule has 2 aliphatic rings. The van der Waals surface area contributed by atoms with E-state index in [0.717, 1.165) is 31.3 Å². The zero-order valence-electron chi connectivity index (χ0n) is 26.2. The number of aliphatic hydroxyl groups excluding tert-OH is 2. The maximum atomic E-state index is 14.8. The lowest BCUT2D eigenvalue weighted by Crippen LogP contribution is -2.73. The molecule has 1 fully saturated rings. The van der Waals surface area contributed by atoms with Crippen molar-refractivity contribution in [3.63, 3.8) is 0 Å². The summed E-state index contributed by atoms with van der Waals surface area (Å²) < 4.78 is 0. The van der Waals surface area contributed by atoms with Crippen LogP contribution in [-0.2, 0) is 4.79 Å². The maximum absolute atomic E-state index is 14.8. The molecule has 3 heteroatoms. The average molecular weight is 525 g/mol. The second-order valence-corrected chi connectivity index (χ2v) is 13.8. The van der Waals surface area contributed by atoms with Gasteiger partial charge in [0.05, 0.1) is 17.6 Å². The molecule has 38 heavy (non-hydrogen) atoms. The van der Waals surface area contributed by atoms with Gasteiger partial charge in [-0.3, -0.25) is 4.79 Å². The third-order valence-corrected chi connectivity index (χ3v) is 9.32. The van der Waals surface area contributed by atoms with Crippen molar-refractivity contribution in [1.29, 1.82) is 0 Å². The Labute approximate surface area is 233 Å². The molecule has 214 valence electrons. The molecule has 0 amide bonds. The minimum atomic E-state index is -1.27. The summed E-state index contributed by atoms with van der Waals surface area (Å²) in [5, 5.41) is 24.7. The summed E-state index contributed by atoms with van der Waals surface area (Å²) in [4.78, 5) is 14.8. The Morgan fingerprint density at radius 1 is 0.947 bits per heavy atom.